The van der Waals surface area contributed by atoms with Gasteiger partial charge >= 0.3 is 5.97 Å². The van der Waals surface area contributed by atoms with Crippen LogP contribution in [0.3, 0.4) is 0 Å². The van der Waals surface area contributed by atoms with Crippen molar-refractivity contribution in [1.29, 1.82) is 0 Å². The molecule has 148 valence electrons. The predicted molar refractivity (Wildman–Crippen MR) is 78.9 cm³/mol. The van der Waals surface area contributed by atoms with Gasteiger partial charge in [-0.15, -0.1) is 0 Å². The van der Waals surface area contributed by atoms with E-state index in [1.165, 1.54) is 0 Å². The van der Waals surface area contributed by atoms with Crippen LogP contribution in [0, 0.1) is 0 Å². The van der Waals surface area contributed by atoms with Crippen LogP contribution in [-0.2, 0) is 23.7 Å². The van der Waals surface area contributed by atoms with Crippen molar-refractivity contribution in [3.8, 4) is 0 Å². The lowest BCUT2D eigenvalue weighted by Gasteiger charge is -2.44. The SMILES string of the molecule is CC1=N[C@H]2[C@@H](O1)O[C@H](CO)[C@H](O)[C@@H]2O[C@@H]1O[C@H](C(=O)O)[C@@H](O)[C@H](O)[C@H]1O. The number of aliphatic imine (C=N–C) groups is 1. The molecule has 3 aliphatic heterocycles. The van der Waals surface area contributed by atoms with Gasteiger partial charge in [-0.3, -0.25) is 0 Å². The minimum atomic E-state index is -1.87. The van der Waals surface area contributed by atoms with Crippen LogP contribution in [-0.4, -0.2) is 110 Å². The Morgan fingerprint density at radius 1 is 1.12 bits per heavy atom. The van der Waals surface area contributed by atoms with E-state index in [0.717, 1.165) is 0 Å². The van der Waals surface area contributed by atoms with Crippen molar-refractivity contribution >= 4 is 11.9 Å². The van der Waals surface area contributed by atoms with Gasteiger partial charge in [0.05, 0.1) is 6.61 Å². The maximum atomic E-state index is 11.2. The number of fused-ring (bicyclic) bond motifs is 1. The molecule has 3 heterocycles. The van der Waals surface area contributed by atoms with Gasteiger partial charge in [0.2, 0.25) is 6.29 Å². The minimum absolute atomic E-state index is 0.253. The molecule has 0 unspecified atom stereocenters. The number of carbonyl (C=O) groups is 1. The molecule has 0 aromatic carbocycles. The van der Waals surface area contributed by atoms with Crippen molar-refractivity contribution < 1.29 is 54.4 Å². The highest BCUT2D eigenvalue weighted by molar-refractivity contribution is 5.75. The van der Waals surface area contributed by atoms with Gasteiger partial charge < -0.3 is 49.6 Å². The van der Waals surface area contributed by atoms with Crippen LogP contribution >= 0.6 is 0 Å². The summed E-state index contributed by atoms with van der Waals surface area (Å²) in [6.07, 6.45) is -13.6. The van der Waals surface area contributed by atoms with Crippen molar-refractivity contribution in [1.82, 2.24) is 0 Å². The number of nitrogens with zero attached hydrogens (tertiary/aromatic N) is 1. The monoisotopic (exact) mass is 379 g/mol. The summed E-state index contributed by atoms with van der Waals surface area (Å²) in [5.41, 5.74) is 0. The number of aliphatic hydroxyl groups excluding tert-OH is 5. The Hall–Kier alpha value is -1.38. The second-order valence-corrected chi connectivity index (χ2v) is 6.31. The molecule has 0 radical (unpaired) electrons. The smallest absolute Gasteiger partial charge is 0.335 e. The number of carboxylic acids is 1. The lowest BCUT2D eigenvalue weighted by molar-refractivity contribution is -0.331. The number of rotatable bonds is 4. The third kappa shape index (κ3) is 3.30. The zero-order chi connectivity index (χ0) is 19.2. The fourth-order valence-electron chi connectivity index (χ4n) is 3.17. The molecule has 0 spiro atoms. The number of aliphatic carboxylic acids is 1. The van der Waals surface area contributed by atoms with Crippen LogP contribution in [0.25, 0.3) is 0 Å². The Morgan fingerprint density at radius 2 is 1.81 bits per heavy atom. The molecule has 0 amide bonds. The lowest BCUT2D eigenvalue weighted by atomic mass is 9.96. The molecule has 26 heavy (non-hydrogen) atoms. The fourth-order valence-corrected chi connectivity index (χ4v) is 3.17. The Bertz CT molecular complexity index is 571. The molecule has 0 aliphatic carbocycles. The fraction of sp³-hybridized carbons (Fsp3) is 0.857. The van der Waals surface area contributed by atoms with Gasteiger partial charge in [-0.05, 0) is 0 Å². The zero-order valence-electron chi connectivity index (χ0n) is 13.7. The van der Waals surface area contributed by atoms with Gasteiger partial charge in [-0.1, -0.05) is 0 Å². The third-order valence-electron chi connectivity index (χ3n) is 4.54. The molecule has 3 rings (SSSR count). The lowest BCUT2D eigenvalue weighted by Crippen LogP contribution is -2.64. The first-order chi connectivity index (χ1) is 12.2. The standard InChI is InChI=1S/C14H21NO11/c1-3-15-5-10(6(17)4(2-16)24-13(5)23-3)25-14-9(20)7(18)8(19)11(26-14)12(21)22/h4-11,13-14,16-20H,2H2,1H3,(H,21,22)/t4-,5-,6+,7+,8+,9-,10-,11+,13+,14-/m1/s1. The first-order valence-electron chi connectivity index (χ1n) is 7.98. The minimum Gasteiger partial charge on any atom is -0.479 e. The third-order valence-corrected chi connectivity index (χ3v) is 4.54. The Morgan fingerprint density at radius 3 is 2.42 bits per heavy atom. The Labute approximate surface area is 147 Å². The van der Waals surface area contributed by atoms with Crippen molar-refractivity contribution in [2.24, 2.45) is 4.99 Å². The topological polar surface area (TPSA) is 188 Å². The Balaban J connectivity index is 1.81. The normalized spacial score (nSPS) is 48.5. The van der Waals surface area contributed by atoms with Gasteiger partial charge in [0.15, 0.2) is 18.3 Å². The van der Waals surface area contributed by atoms with Crippen molar-refractivity contribution in [2.45, 2.75) is 68.3 Å². The molecule has 3 aliphatic rings. The highest BCUT2D eigenvalue weighted by Crippen LogP contribution is 2.33. The summed E-state index contributed by atoms with van der Waals surface area (Å²) in [6.45, 7) is 0.991. The summed E-state index contributed by atoms with van der Waals surface area (Å²) in [6, 6.07) is -0.865. The van der Waals surface area contributed by atoms with E-state index in [1.54, 1.807) is 6.92 Å². The van der Waals surface area contributed by atoms with E-state index in [2.05, 4.69) is 4.99 Å². The van der Waals surface area contributed by atoms with Gasteiger partial charge in [-0.25, -0.2) is 9.79 Å². The van der Waals surface area contributed by atoms with Crippen LogP contribution in [0.5, 0.6) is 0 Å². The van der Waals surface area contributed by atoms with E-state index in [-0.39, 0.29) is 5.90 Å². The predicted octanol–water partition coefficient (Wildman–Crippen LogP) is -3.84. The number of hydrogen-bond acceptors (Lipinski definition) is 11. The maximum Gasteiger partial charge on any atom is 0.335 e. The molecule has 2 saturated heterocycles. The van der Waals surface area contributed by atoms with E-state index in [1.807, 2.05) is 0 Å². The molecule has 0 aromatic heterocycles. The summed E-state index contributed by atoms with van der Waals surface area (Å²) >= 11 is 0. The number of aliphatic hydroxyl groups is 5. The van der Waals surface area contributed by atoms with Crippen LogP contribution in [0.2, 0.25) is 0 Å². The zero-order valence-corrected chi connectivity index (χ0v) is 13.7. The van der Waals surface area contributed by atoms with E-state index in [9.17, 15) is 30.3 Å². The van der Waals surface area contributed by atoms with Gasteiger partial charge in [-0.2, -0.15) is 0 Å². The molecule has 12 nitrogen and oxygen atoms in total. The molecule has 6 N–H and O–H groups in total. The summed E-state index contributed by atoms with van der Waals surface area (Å²) in [5.74, 6) is -1.31. The molecule has 0 bridgehead atoms. The molecule has 0 saturated carbocycles. The largest absolute Gasteiger partial charge is 0.479 e. The summed E-state index contributed by atoms with van der Waals surface area (Å²) in [7, 11) is 0. The first-order valence-corrected chi connectivity index (χ1v) is 7.98. The van der Waals surface area contributed by atoms with Crippen LogP contribution < -0.4 is 0 Å². The molecule has 10 atom stereocenters. The average Bonchev–Trinajstić information content (AvgIpc) is 2.96. The van der Waals surface area contributed by atoms with Crippen molar-refractivity contribution in [2.75, 3.05) is 6.61 Å². The molecule has 12 heteroatoms. The number of carboxylic acid groups (broad SMARTS) is 1. The summed E-state index contributed by atoms with van der Waals surface area (Å²) < 4.78 is 21.3. The van der Waals surface area contributed by atoms with E-state index in [4.69, 9.17) is 24.1 Å². The highest BCUT2D eigenvalue weighted by Gasteiger charge is 2.54. The molecule has 2 fully saturated rings. The van der Waals surface area contributed by atoms with Gasteiger partial charge in [0.25, 0.3) is 0 Å². The summed E-state index contributed by atoms with van der Waals surface area (Å²) in [4.78, 5) is 15.3. The highest BCUT2D eigenvalue weighted by atomic mass is 16.7. The Kier molecular flexibility index (Phi) is 5.46. The number of ether oxygens (including phenoxy) is 4. The van der Waals surface area contributed by atoms with E-state index < -0.39 is 73.9 Å². The molecular weight excluding hydrogens is 358 g/mol. The van der Waals surface area contributed by atoms with Crippen molar-refractivity contribution in [3.05, 3.63) is 0 Å². The second-order valence-electron chi connectivity index (χ2n) is 6.31. The van der Waals surface area contributed by atoms with Crippen molar-refractivity contribution in [3.63, 3.8) is 0 Å². The van der Waals surface area contributed by atoms with E-state index in [0.29, 0.717) is 0 Å². The van der Waals surface area contributed by atoms with Crippen LogP contribution in [0.1, 0.15) is 6.92 Å². The average molecular weight is 379 g/mol. The van der Waals surface area contributed by atoms with Gasteiger partial charge in [0.1, 0.15) is 42.7 Å². The van der Waals surface area contributed by atoms with Gasteiger partial charge in [0, 0.05) is 6.92 Å². The summed E-state index contributed by atoms with van der Waals surface area (Å²) in [5, 5.41) is 58.4. The maximum absolute atomic E-state index is 11.2. The quantitative estimate of drug-likeness (QED) is 0.281. The number of hydrogen-bond donors (Lipinski definition) is 6. The molecule has 0 aromatic rings. The van der Waals surface area contributed by atoms with Crippen LogP contribution in [0.15, 0.2) is 4.99 Å². The first kappa shape index (κ1) is 19.4. The van der Waals surface area contributed by atoms with E-state index >= 15 is 0 Å². The second kappa shape index (κ2) is 7.32. The van der Waals surface area contributed by atoms with Crippen LogP contribution in [0.4, 0.5) is 0 Å². The molecular formula is C14H21NO11.